The molecule has 1 unspecified atom stereocenters. The molecule has 1 N–H and O–H groups in total. The molecule has 2 heterocycles. The van der Waals surface area contributed by atoms with Gasteiger partial charge in [0.05, 0.1) is 11.0 Å². The molecule has 0 aliphatic rings. The van der Waals surface area contributed by atoms with Crippen molar-refractivity contribution in [1.82, 2.24) is 19.6 Å². The van der Waals surface area contributed by atoms with Crippen molar-refractivity contribution in [2.24, 2.45) is 0 Å². The molecule has 0 bridgehead atoms. The van der Waals surface area contributed by atoms with E-state index < -0.39 is 0 Å². The van der Waals surface area contributed by atoms with E-state index in [0.29, 0.717) is 35.1 Å². The van der Waals surface area contributed by atoms with E-state index in [2.05, 4.69) is 46.7 Å². The Morgan fingerprint density at radius 3 is 2.41 bits per heavy atom. The molecular weight excluding hydrogens is 398 g/mol. The van der Waals surface area contributed by atoms with Crippen LogP contribution in [0.2, 0.25) is 0 Å². The van der Waals surface area contributed by atoms with Crippen LogP contribution in [-0.4, -0.2) is 31.9 Å². The largest absolute Gasteiger partial charge is 0.366 e. The lowest BCUT2D eigenvalue weighted by atomic mass is 10.0. The second kappa shape index (κ2) is 8.23. The highest BCUT2D eigenvalue weighted by atomic mass is 16.1. The highest BCUT2D eigenvalue weighted by molar-refractivity contribution is 6.10. The fourth-order valence-corrected chi connectivity index (χ4v) is 3.94. The van der Waals surface area contributed by atoms with Gasteiger partial charge in [0, 0.05) is 17.7 Å². The number of benzene rings is 3. The first-order valence-electron chi connectivity index (χ1n) is 10.7. The number of rotatable bonds is 6. The fraction of sp³-hybridized carbons (Fsp3) is 0.154. The molecule has 5 aromatic rings. The van der Waals surface area contributed by atoms with Crippen LogP contribution in [0.15, 0.2) is 78.9 Å². The molecule has 0 amide bonds. The summed E-state index contributed by atoms with van der Waals surface area (Å²) in [5.41, 5.74) is 4.77. The number of aromatic nitrogens is 4. The summed E-state index contributed by atoms with van der Waals surface area (Å²) in [6.07, 6.45) is 0. The number of ketones is 1. The highest BCUT2D eigenvalue weighted by Crippen LogP contribution is 2.25. The van der Waals surface area contributed by atoms with Gasteiger partial charge in [0.1, 0.15) is 5.82 Å². The molecule has 2 aromatic heterocycles. The van der Waals surface area contributed by atoms with Crippen molar-refractivity contribution in [3.63, 3.8) is 0 Å². The summed E-state index contributed by atoms with van der Waals surface area (Å²) in [7, 11) is 0. The maximum atomic E-state index is 13.0. The summed E-state index contributed by atoms with van der Waals surface area (Å²) < 4.78 is 1.96. The molecule has 0 aliphatic carbocycles. The van der Waals surface area contributed by atoms with Gasteiger partial charge in [-0.05, 0) is 36.6 Å². The normalized spacial score (nSPS) is 12.2. The second-order valence-electron chi connectivity index (χ2n) is 7.96. The predicted octanol–water partition coefficient (Wildman–Crippen LogP) is 5.03. The zero-order valence-corrected chi connectivity index (χ0v) is 18.0. The molecule has 0 spiro atoms. The summed E-state index contributed by atoms with van der Waals surface area (Å²) >= 11 is 0. The Labute approximate surface area is 186 Å². The first-order valence-corrected chi connectivity index (χ1v) is 10.7. The van der Waals surface area contributed by atoms with Crippen molar-refractivity contribution in [1.29, 1.82) is 0 Å². The number of hydrogen-bond acceptors (Lipinski definition) is 5. The van der Waals surface area contributed by atoms with E-state index in [9.17, 15) is 4.79 Å². The molecule has 0 fully saturated rings. The number of nitrogens with zero attached hydrogens (tertiary/aromatic N) is 4. The number of aryl methyl sites for hydroxylation is 1. The summed E-state index contributed by atoms with van der Waals surface area (Å²) in [6.45, 7) is 4.80. The van der Waals surface area contributed by atoms with Gasteiger partial charge in [0.25, 0.3) is 0 Å². The van der Waals surface area contributed by atoms with E-state index in [1.54, 1.807) is 0 Å². The van der Waals surface area contributed by atoms with Crippen molar-refractivity contribution in [3.05, 3.63) is 101 Å². The molecule has 6 heteroatoms. The number of hydrogen-bond donors (Lipinski definition) is 1. The molecule has 6 nitrogen and oxygen atoms in total. The van der Waals surface area contributed by atoms with Gasteiger partial charge in [0.2, 0.25) is 5.65 Å². The lowest BCUT2D eigenvalue weighted by molar-refractivity contribution is 0.103. The van der Waals surface area contributed by atoms with Crippen LogP contribution in [0.25, 0.3) is 16.7 Å². The SMILES string of the molecule is Cc1nnc2c(NCC(C)c3ccccc3)nc3ccc(C(=O)c4ccccc4)cc3n12. The quantitative estimate of drug-likeness (QED) is 0.389. The molecule has 5 rings (SSSR count). The maximum Gasteiger partial charge on any atom is 0.204 e. The topological polar surface area (TPSA) is 72.2 Å². The van der Waals surface area contributed by atoms with Crippen LogP contribution < -0.4 is 5.32 Å². The standard InChI is InChI=1S/C26H23N5O/c1-17(19-9-5-3-6-10-19)16-27-25-26-30-29-18(2)31(26)23-15-21(13-14-22(23)28-25)24(32)20-11-7-4-8-12-20/h3-15,17H,16H2,1-2H3,(H,27,28). The van der Waals surface area contributed by atoms with Gasteiger partial charge in [-0.15, -0.1) is 10.2 Å². The molecule has 0 saturated heterocycles. The minimum Gasteiger partial charge on any atom is -0.366 e. The van der Waals surface area contributed by atoms with Crippen LogP contribution >= 0.6 is 0 Å². The third kappa shape index (κ3) is 3.60. The Morgan fingerprint density at radius 1 is 0.938 bits per heavy atom. The van der Waals surface area contributed by atoms with Gasteiger partial charge in [-0.1, -0.05) is 67.6 Å². The van der Waals surface area contributed by atoms with Crippen LogP contribution in [0.5, 0.6) is 0 Å². The lowest BCUT2D eigenvalue weighted by Crippen LogP contribution is -2.12. The second-order valence-corrected chi connectivity index (χ2v) is 7.96. The lowest BCUT2D eigenvalue weighted by Gasteiger charge is -2.15. The number of carbonyl (C=O) groups excluding carboxylic acids is 1. The van der Waals surface area contributed by atoms with Gasteiger partial charge in [0.15, 0.2) is 11.6 Å². The summed E-state index contributed by atoms with van der Waals surface area (Å²) in [5.74, 6) is 1.72. The van der Waals surface area contributed by atoms with Gasteiger partial charge >= 0.3 is 0 Å². The van der Waals surface area contributed by atoms with E-state index in [1.807, 2.05) is 65.9 Å². The Balaban J connectivity index is 1.53. The maximum absolute atomic E-state index is 13.0. The van der Waals surface area contributed by atoms with Crippen LogP contribution in [0.3, 0.4) is 0 Å². The van der Waals surface area contributed by atoms with Gasteiger partial charge in [-0.3, -0.25) is 9.20 Å². The zero-order valence-electron chi connectivity index (χ0n) is 18.0. The van der Waals surface area contributed by atoms with Crippen LogP contribution in [-0.2, 0) is 0 Å². The molecule has 3 aromatic carbocycles. The average molecular weight is 422 g/mol. The van der Waals surface area contributed by atoms with Crippen molar-refractivity contribution in [2.45, 2.75) is 19.8 Å². The Kier molecular flexibility index (Phi) is 5.11. The third-order valence-electron chi connectivity index (χ3n) is 5.73. The molecule has 32 heavy (non-hydrogen) atoms. The Morgan fingerprint density at radius 2 is 1.66 bits per heavy atom. The highest BCUT2D eigenvalue weighted by Gasteiger charge is 2.16. The zero-order chi connectivity index (χ0) is 22.1. The first kappa shape index (κ1) is 19.9. The molecule has 0 aliphatic heterocycles. The Bertz CT molecular complexity index is 1410. The molecule has 0 saturated carbocycles. The van der Waals surface area contributed by atoms with Crippen LogP contribution in [0.4, 0.5) is 5.82 Å². The van der Waals surface area contributed by atoms with Crippen LogP contribution in [0.1, 0.15) is 40.2 Å². The first-order chi connectivity index (χ1) is 15.6. The van der Waals surface area contributed by atoms with E-state index in [4.69, 9.17) is 4.98 Å². The van der Waals surface area contributed by atoms with Crippen molar-refractivity contribution >= 4 is 28.3 Å². The molecule has 1 atom stereocenters. The number of anilines is 1. The summed E-state index contributed by atoms with van der Waals surface area (Å²) in [5, 5.41) is 12.1. The Hall–Kier alpha value is -4.06. The summed E-state index contributed by atoms with van der Waals surface area (Å²) in [6, 6.07) is 25.2. The van der Waals surface area contributed by atoms with Crippen molar-refractivity contribution in [3.8, 4) is 0 Å². The fourth-order valence-electron chi connectivity index (χ4n) is 3.94. The third-order valence-corrected chi connectivity index (χ3v) is 5.73. The number of nitrogens with one attached hydrogen (secondary N) is 1. The molecule has 0 radical (unpaired) electrons. The van der Waals surface area contributed by atoms with E-state index in [-0.39, 0.29) is 5.78 Å². The predicted molar refractivity (Wildman–Crippen MR) is 126 cm³/mol. The monoisotopic (exact) mass is 421 g/mol. The minimum atomic E-state index is -0.0229. The molecule has 158 valence electrons. The van der Waals surface area contributed by atoms with E-state index >= 15 is 0 Å². The van der Waals surface area contributed by atoms with Crippen molar-refractivity contribution in [2.75, 3.05) is 11.9 Å². The van der Waals surface area contributed by atoms with Gasteiger partial charge in [-0.2, -0.15) is 0 Å². The number of fused-ring (bicyclic) bond motifs is 3. The van der Waals surface area contributed by atoms with E-state index in [1.165, 1.54) is 5.56 Å². The summed E-state index contributed by atoms with van der Waals surface area (Å²) in [4.78, 5) is 17.8. The van der Waals surface area contributed by atoms with Crippen molar-refractivity contribution < 1.29 is 4.79 Å². The minimum absolute atomic E-state index is 0.0229. The van der Waals surface area contributed by atoms with Crippen LogP contribution in [0, 0.1) is 6.92 Å². The van der Waals surface area contributed by atoms with Gasteiger partial charge < -0.3 is 5.32 Å². The van der Waals surface area contributed by atoms with E-state index in [0.717, 1.165) is 16.9 Å². The smallest absolute Gasteiger partial charge is 0.204 e. The van der Waals surface area contributed by atoms with Gasteiger partial charge in [-0.25, -0.2) is 4.98 Å². The number of carbonyl (C=O) groups is 1. The molecular formula is C26H23N5O. The average Bonchev–Trinajstić information content (AvgIpc) is 3.24.